The minimum absolute atomic E-state index is 0.0884. The van der Waals surface area contributed by atoms with Gasteiger partial charge in [-0.05, 0) is 30.5 Å². The first-order valence-corrected chi connectivity index (χ1v) is 15.0. The van der Waals surface area contributed by atoms with Crippen LogP contribution in [0.3, 0.4) is 0 Å². The first-order chi connectivity index (χ1) is 22.2. The molecule has 2 aliphatic heterocycles. The highest BCUT2D eigenvalue weighted by Gasteiger charge is 2.56. The van der Waals surface area contributed by atoms with Gasteiger partial charge in [0.25, 0.3) is 0 Å². The predicted molar refractivity (Wildman–Crippen MR) is 165 cm³/mol. The Bertz CT molecular complexity index is 1390. The van der Waals surface area contributed by atoms with E-state index in [9.17, 15) is 14.4 Å². The smallest absolute Gasteiger partial charge is 0.426 e. The van der Waals surface area contributed by atoms with Gasteiger partial charge in [0.2, 0.25) is 0 Å². The van der Waals surface area contributed by atoms with Crippen LogP contribution in [-0.4, -0.2) is 73.3 Å². The Balaban J connectivity index is 1.27. The number of ether oxygens (including phenoxy) is 6. The zero-order valence-electron chi connectivity index (χ0n) is 26.0. The Labute approximate surface area is 267 Å². The largest absolute Gasteiger partial charge is 0.446 e. The molecule has 2 heterocycles. The summed E-state index contributed by atoms with van der Waals surface area (Å²) in [6, 6.07) is 25.9. The van der Waals surface area contributed by atoms with Gasteiger partial charge in [0, 0.05) is 20.2 Å². The number of carbonyl (C=O) groups excluding carboxylic acids is 3. The number of amides is 5. The van der Waals surface area contributed by atoms with Gasteiger partial charge in [-0.3, -0.25) is 0 Å². The van der Waals surface area contributed by atoms with Gasteiger partial charge in [-0.15, -0.1) is 4.90 Å². The van der Waals surface area contributed by atoms with Crippen LogP contribution in [0.15, 0.2) is 91.0 Å². The van der Waals surface area contributed by atoms with Crippen LogP contribution in [0.2, 0.25) is 0 Å². The number of rotatable bonds is 10. The molecule has 0 aliphatic carbocycles. The topological polar surface area (TPSA) is 134 Å². The summed E-state index contributed by atoms with van der Waals surface area (Å²) in [5, 5.41) is 5.21. The van der Waals surface area contributed by atoms with Crippen LogP contribution in [0.1, 0.15) is 30.5 Å². The van der Waals surface area contributed by atoms with Gasteiger partial charge in [0.15, 0.2) is 12.1 Å². The molecule has 12 nitrogen and oxygen atoms in total. The first kappa shape index (κ1) is 33.0. The zero-order chi connectivity index (χ0) is 32.5. The van der Waals surface area contributed by atoms with Crippen LogP contribution >= 0.6 is 0 Å². The number of urea groups is 2. The van der Waals surface area contributed by atoms with Gasteiger partial charge in [0.05, 0.1) is 6.61 Å². The van der Waals surface area contributed by atoms with Crippen molar-refractivity contribution in [3.05, 3.63) is 108 Å². The zero-order valence-corrected chi connectivity index (χ0v) is 26.0. The summed E-state index contributed by atoms with van der Waals surface area (Å²) < 4.78 is 35.9. The van der Waals surface area contributed by atoms with E-state index >= 15 is 0 Å². The Morgan fingerprint density at radius 3 is 1.78 bits per heavy atom. The third-order valence-electron chi connectivity index (χ3n) is 7.48. The molecular formula is C34H39N3O9. The van der Waals surface area contributed by atoms with E-state index in [0.717, 1.165) is 16.7 Å². The van der Waals surface area contributed by atoms with Gasteiger partial charge in [-0.1, -0.05) is 91.0 Å². The number of hydrogen-bond acceptors (Lipinski definition) is 9. The van der Waals surface area contributed by atoms with Crippen LogP contribution in [0, 0.1) is 0 Å². The lowest BCUT2D eigenvalue weighted by molar-refractivity contribution is -0.286. The van der Waals surface area contributed by atoms with E-state index < -0.39 is 54.6 Å². The van der Waals surface area contributed by atoms with E-state index in [0.29, 0.717) is 4.90 Å². The summed E-state index contributed by atoms with van der Waals surface area (Å²) in [4.78, 5) is 40.2. The molecule has 5 amide bonds. The highest BCUT2D eigenvalue weighted by Crippen LogP contribution is 2.39. The van der Waals surface area contributed by atoms with Crippen molar-refractivity contribution < 1.29 is 42.8 Å². The van der Waals surface area contributed by atoms with Crippen molar-refractivity contribution in [1.29, 1.82) is 0 Å². The molecule has 0 aromatic heterocycles. The fourth-order valence-corrected chi connectivity index (χ4v) is 5.29. The van der Waals surface area contributed by atoms with Crippen molar-refractivity contribution in [3.63, 3.8) is 0 Å². The van der Waals surface area contributed by atoms with Gasteiger partial charge in [-0.2, -0.15) is 0 Å². The van der Waals surface area contributed by atoms with Gasteiger partial charge >= 0.3 is 18.2 Å². The van der Waals surface area contributed by atoms with E-state index in [4.69, 9.17) is 28.4 Å². The summed E-state index contributed by atoms with van der Waals surface area (Å²) in [5.74, 6) is -0.987. The molecule has 0 radical (unpaired) electrons. The van der Waals surface area contributed by atoms with Crippen molar-refractivity contribution in [1.82, 2.24) is 15.5 Å². The highest BCUT2D eigenvalue weighted by atomic mass is 16.8. The average molecular weight is 634 g/mol. The lowest BCUT2D eigenvalue weighted by Gasteiger charge is -2.41. The molecule has 12 heteroatoms. The van der Waals surface area contributed by atoms with Crippen molar-refractivity contribution >= 4 is 18.2 Å². The van der Waals surface area contributed by atoms with Crippen molar-refractivity contribution in [3.8, 4) is 0 Å². The normalized spacial score (nSPS) is 23.2. The number of nitrogens with zero attached hydrogens (tertiary/aromatic N) is 1. The Kier molecular flexibility index (Phi) is 11.0. The summed E-state index contributed by atoms with van der Waals surface area (Å²) in [6.45, 7) is 3.63. The molecule has 2 saturated heterocycles. The van der Waals surface area contributed by atoms with Gasteiger partial charge < -0.3 is 39.1 Å². The van der Waals surface area contributed by atoms with Crippen LogP contribution < -0.4 is 10.6 Å². The number of methoxy groups -OCH3 is 1. The summed E-state index contributed by atoms with van der Waals surface area (Å²) in [5.41, 5.74) is 2.52. The summed E-state index contributed by atoms with van der Waals surface area (Å²) in [7, 11) is 1.48. The van der Waals surface area contributed by atoms with Gasteiger partial charge in [-0.25, -0.2) is 14.4 Å². The number of hydrogen-bond donors (Lipinski definition) is 2. The number of fused-ring (bicyclic) bond motifs is 1. The van der Waals surface area contributed by atoms with Crippen molar-refractivity contribution in [2.24, 2.45) is 0 Å². The fraction of sp³-hybridized carbons (Fsp3) is 0.382. The minimum Gasteiger partial charge on any atom is -0.446 e. The lowest BCUT2D eigenvalue weighted by Crippen LogP contribution is -2.59. The van der Waals surface area contributed by atoms with Gasteiger partial charge in [0.1, 0.15) is 31.0 Å². The monoisotopic (exact) mass is 633 g/mol. The molecule has 1 unspecified atom stereocenters. The second-order valence-electron chi connectivity index (χ2n) is 11.3. The van der Waals surface area contributed by atoms with E-state index in [1.54, 1.807) is 13.8 Å². The molecule has 46 heavy (non-hydrogen) atoms. The average Bonchev–Trinajstić information content (AvgIpc) is 3.41. The molecule has 2 N–H and O–H groups in total. The van der Waals surface area contributed by atoms with Crippen LogP contribution in [0.4, 0.5) is 14.4 Å². The highest BCUT2D eigenvalue weighted by molar-refractivity contribution is 6.07. The maximum atomic E-state index is 13.4. The van der Waals surface area contributed by atoms with Crippen LogP contribution in [-0.2, 0) is 48.1 Å². The van der Waals surface area contributed by atoms with Crippen molar-refractivity contribution in [2.75, 3.05) is 13.7 Å². The second-order valence-corrected chi connectivity index (χ2v) is 11.3. The molecule has 0 spiro atoms. The second kappa shape index (κ2) is 15.3. The predicted octanol–water partition coefficient (Wildman–Crippen LogP) is 4.72. The maximum absolute atomic E-state index is 13.4. The lowest BCUT2D eigenvalue weighted by atomic mass is 9.99. The number of benzene rings is 3. The third kappa shape index (κ3) is 8.47. The number of nitrogens with one attached hydrogen (secondary N) is 2. The first-order valence-electron chi connectivity index (χ1n) is 15.0. The third-order valence-corrected chi connectivity index (χ3v) is 7.48. The molecule has 0 saturated carbocycles. The molecular weight excluding hydrogens is 594 g/mol. The summed E-state index contributed by atoms with van der Waals surface area (Å²) >= 11 is 0. The Morgan fingerprint density at radius 1 is 0.761 bits per heavy atom. The van der Waals surface area contributed by atoms with Crippen LogP contribution in [0.5, 0.6) is 0 Å². The fourth-order valence-electron chi connectivity index (χ4n) is 5.29. The Morgan fingerprint density at radius 2 is 1.26 bits per heavy atom. The number of carbonyl (C=O) groups is 3. The quantitative estimate of drug-likeness (QED) is 0.325. The number of imide groups is 3. The van der Waals surface area contributed by atoms with Crippen LogP contribution in [0.25, 0.3) is 0 Å². The minimum atomic E-state index is -1.19. The molecule has 3 aromatic rings. The molecule has 2 fully saturated rings. The maximum Gasteiger partial charge on any atom is 0.426 e. The van der Waals surface area contributed by atoms with E-state index in [2.05, 4.69) is 10.6 Å². The van der Waals surface area contributed by atoms with E-state index in [1.165, 1.54) is 7.11 Å². The molecule has 2 aliphatic rings. The van der Waals surface area contributed by atoms with Crippen molar-refractivity contribution in [2.45, 2.75) is 70.0 Å². The van der Waals surface area contributed by atoms with E-state index in [1.807, 2.05) is 91.0 Å². The Hall–Kier alpha value is -4.33. The molecule has 5 rings (SSSR count). The standard InChI is InChI=1S/C34H39N3O9/c1-34(2)45-27-26(44-30(41-3)29(28(27)46-34)42-21-25-17-11-6-12-18-25)22-43-33(40)37(31(38)35-19-23-13-7-4-8-14-23)32(39)36-20-24-15-9-5-10-16-24/h4-18,26-30H,19-22H2,1-3H3,(H,35,38)(H,36,39)/t26-,27+,28+,29-,30?/m1/s1. The molecule has 3 aromatic carbocycles. The summed E-state index contributed by atoms with van der Waals surface area (Å²) in [6.07, 6.45) is -4.92. The SMILES string of the molecule is COC1O[C@H](COC(=O)N(C(=O)NCc2ccccc2)C(=O)NCc2ccccc2)[C@@H]2OC(C)(C)O[C@@H]2[C@H]1OCc1ccccc1. The molecule has 244 valence electrons. The molecule has 0 bridgehead atoms. The van der Waals surface area contributed by atoms with E-state index in [-0.39, 0.29) is 26.3 Å². The molecule has 5 atom stereocenters.